The molecule has 41 valence electrons. The van der Waals surface area contributed by atoms with Crippen molar-refractivity contribution in [3.63, 3.8) is 0 Å². The Balaban J connectivity index is 2.72. The molecule has 0 bridgehead atoms. The number of allylic oxidation sites excluding steroid dienone is 1. The van der Waals surface area contributed by atoms with Crippen LogP contribution in [0.2, 0.25) is 0 Å². The fourth-order valence-electron chi connectivity index (χ4n) is 0.406. The lowest BCUT2D eigenvalue weighted by atomic mass is 10.2. The number of ketones is 1. The van der Waals surface area contributed by atoms with Gasteiger partial charge in [-0.3, -0.25) is 4.79 Å². The molecule has 3 heteroatoms. The maximum atomic E-state index is 10.4. The summed E-state index contributed by atoms with van der Waals surface area (Å²) in [6.45, 7) is 1.48. The highest BCUT2D eigenvalue weighted by Gasteiger charge is 2.03. The van der Waals surface area contributed by atoms with Crippen LogP contribution in [0.3, 0.4) is 0 Å². The molecule has 0 atom stereocenters. The van der Waals surface area contributed by atoms with Crippen LogP contribution in [0, 0.1) is 0 Å². The fraction of sp³-hybridized carbons (Fsp3) is 0.200. The van der Waals surface area contributed by atoms with Crippen molar-refractivity contribution in [2.45, 2.75) is 6.92 Å². The van der Waals surface area contributed by atoms with Crippen LogP contribution in [0.25, 0.3) is 0 Å². The van der Waals surface area contributed by atoms with Crippen molar-refractivity contribution in [1.29, 1.82) is 0 Å². The van der Waals surface area contributed by atoms with Crippen molar-refractivity contribution in [3.8, 4) is 0 Å². The summed E-state index contributed by atoms with van der Waals surface area (Å²) in [7, 11) is 0. The van der Waals surface area contributed by atoms with E-state index in [-0.39, 0.29) is 5.78 Å². The second-order valence-electron chi connectivity index (χ2n) is 1.50. The first-order valence-electron chi connectivity index (χ1n) is 2.25. The minimum Gasteiger partial charge on any atom is -0.294 e. The maximum absolute atomic E-state index is 10.4. The first kappa shape index (κ1) is 5.03. The monoisotopic (exact) mass is 109 g/mol. The van der Waals surface area contributed by atoms with Crippen molar-refractivity contribution < 1.29 is 4.79 Å². The highest BCUT2D eigenvalue weighted by Crippen LogP contribution is 1.95. The van der Waals surface area contributed by atoms with Gasteiger partial charge in [-0.05, 0) is 6.92 Å². The van der Waals surface area contributed by atoms with E-state index in [0.29, 0.717) is 5.57 Å². The number of nitrogens with zero attached hydrogens (tertiary/aromatic N) is 2. The molecule has 0 aromatic carbocycles. The van der Waals surface area contributed by atoms with Crippen LogP contribution in [0.4, 0.5) is 0 Å². The zero-order chi connectivity index (χ0) is 5.98. The summed E-state index contributed by atoms with van der Waals surface area (Å²) in [5.74, 6) is 0.00926. The van der Waals surface area contributed by atoms with Gasteiger partial charge in [0.15, 0.2) is 5.78 Å². The van der Waals surface area contributed by atoms with Gasteiger partial charge in [-0.2, -0.15) is 10.5 Å². The van der Waals surface area contributed by atoms with Gasteiger partial charge in [0.1, 0.15) is 0 Å². The van der Waals surface area contributed by atoms with E-state index in [1.54, 1.807) is 0 Å². The van der Waals surface area contributed by atoms with Crippen LogP contribution >= 0.6 is 0 Å². The molecule has 0 aromatic rings. The molecule has 3 nitrogen and oxygen atoms in total. The van der Waals surface area contributed by atoms with E-state index in [0.717, 1.165) is 0 Å². The fourth-order valence-corrected chi connectivity index (χ4v) is 0.406. The minimum absolute atomic E-state index is 0.00926. The summed E-state index contributed by atoms with van der Waals surface area (Å²) in [4.78, 5) is 10.4. The third-order valence-electron chi connectivity index (χ3n) is 0.867. The zero-order valence-corrected chi connectivity index (χ0v) is 4.46. The molecule has 0 amide bonds. The van der Waals surface area contributed by atoms with Crippen molar-refractivity contribution >= 4 is 12.0 Å². The van der Waals surface area contributed by atoms with Crippen LogP contribution in [0.1, 0.15) is 6.92 Å². The van der Waals surface area contributed by atoms with E-state index < -0.39 is 0 Å². The number of rotatable bonds is 1. The molecular weight excluding hydrogens is 104 g/mol. The highest BCUT2D eigenvalue weighted by atomic mass is 16.1. The van der Waals surface area contributed by atoms with Gasteiger partial charge in [0.2, 0.25) is 0 Å². The first-order valence-corrected chi connectivity index (χ1v) is 2.25. The molecule has 0 fully saturated rings. The van der Waals surface area contributed by atoms with E-state index in [4.69, 9.17) is 0 Å². The lowest BCUT2D eigenvalue weighted by Crippen LogP contribution is -1.93. The Morgan fingerprint density at radius 2 is 2.50 bits per heavy atom. The second kappa shape index (κ2) is 1.78. The Morgan fingerprint density at radius 3 is 2.75 bits per heavy atom. The van der Waals surface area contributed by atoms with Crippen molar-refractivity contribution in [3.05, 3.63) is 11.8 Å². The molecule has 0 aromatic heterocycles. The van der Waals surface area contributed by atoms with Crippen molar-refractivity contribution in [2.24, 2.45) is 5.10 Å². The molecule has 1 aliphatic heterocycles. The van der Waals surface area contributed by atoms with Gasteiger partial charge in [0, 0.05) is 0 Å². The standard InChI is InChI=1S/C5H5N2O/c1-4(8)5-2-6-7-3-5/h2-3H,1H3. The molecule has 1 aliphatic rings. The van der Waals surface area contributed by atoms with E-state index in [1.165, 1.54) is 19.3 Å². The van der Waals surface area contributed by atoms with Gasteiger partial charge in [-0.15, -0.1) is 0 Å². The van der Waals surface area contributed by atoms with Gasteiger partial charge in [0.25, 0.3) is 0 Å². The molecular formula is C5H5N2O. The number of Topliss-reactive ketones (excluding diaryl/α,β-unsaturated/α-hetero) is 1. The van der Waals surface area contributed by atoms with Gasteiger partial charge < -0.3 is 0 Å². The van der Waals surface area contributed by atoms with Crippen LogP contribution in [-0.4, -0.2) is 12.0 Å². The summed E-state index contributed by atoms with van der Waals surface area (Å²) < 4.78 is 0. The van der Waals surface area contributed by atoms with Gasteiger partial charge in [-0.25, -0.2) is 0 Å². The van der Waals surface area contributed by atoms with E-state index >= 15 is 0 Å². The topological polar surface area (TPSA) is 43.5 Å². The molecule has 1 radical (unpaired) electrons. The van der Waals surface area contributed by atoms with Crippen LogP contribution in [0.15, 0.2) is 16.9 Å². The second-order valence-corrected chi connectivity index (χ2v) is 1.50. The molecule has 0 unspecified atom stereocenters. The average molecular weight is 109 g/mol. The normalized spacial score (nSPS) is 15.4. The average Bonchev–Trinajstić information content (AvgIpc) is 2.12. The zero-order valence-electron chi connectivity index (χ0n) is 4.46. The quantitative estimate of drug-likeness (QED) is 0.469. The molecule has 0 saturated heterocycles. The number of carbonyl (C=O) groups is 1. The summed E-state index contributed by atoms with van der Waals surface area (Å²) in [5.41, 5.74) is 4.05. The molecule has 8 heavy (non-hydrogen) atoms. The Labute approximate surface area is 47.1 Å². The van der Waals surface area contributed by atoms with Crippen molar-refractivity contribution in [1.82, 2.24) is 5.43 Å². The molecule has 0 saturated carbocycles. The van der Waals surface area contributed by atoms with Gasteiger partial charge in [0.05, 0.1) is 18.0 Å². The minimum atomic E-state index is 0.00926. The Bertz CT molecular complexity index is 169. The maximum Gasteiger partial charge on any atom is 0.163 e. The third-order valence-corrected chi connectivity index (χ3v) is 0.867. The Kier molecular flexibility index (Phi) is 1.12. The molecule has 0 spiro atoms. The lowest BCUT2D eigenvalue weighted by molar-refractivity contribution is -0.113. The van der Waals surface area contributed by atoms with Crippen LogP contribution < -0.4 is 5.43 Å². The molecule has 0 aliphatic carbocycles. The summed E-state index contributed by atoms with van der Waals surface area (Å²) in [6, 6.07) is 0. The molecule has 0 N–H and O–H groups in total. The molecule has 1 rings (SSSR count). The van der Waals surface area contributed by atoms with Gasteiger partial charge in [-0.1, -0.05) is 0 Å². The first-order chi connectivity index (χ1) is 3.80. The Hall–Kier alpha value is -1.12. The van der Waals surface area contributed by atoms with Crippen molar-refractivity contribution in [2.75, 3.05) is 0 Å². The summed E-state index contributed by atoms with van der Waals surface area (Å²) >= 11 is 0. The van der Waals surface area contributed by atoms with E-state index in [9.17, 15) is 4.79 Å². The summed E-state index contributed by atoms with van der Waals surface area (Å²) in [5, 5.41) is 3.47. The predicted molar refractivity (Wildman–Crippen MR) is 29.4 cm³/mol. The summed E-state index contributed by atoms with van der Waals surface area (Å²) in [6.07, 6.45) is 2.89. The predicted octanol–water partition coefficient (Wildman–Crippen LogP) is 0.0631. The van der Waals surface area contributed by atoms with Gasteiger partial charge >= 0.3 is 0 Å². The third kappa shape index (κ3) is 0.753. The van der Waals surface area contributed by atoms with Crippen LogP contribution in [0.5, 0.6) is 0 Å². The number of hydrogen-bond acceptors (Lipinski definition) is 2. The van der Waals surface area contributed by atoms with E-state index in [1.807, 2.05) is 0 Å². The number of carbonyl (C=O) groups excluding carboxylic acids is 1. The highest BCUT2D eigenvalue weighted by molar-refractivity contribution is 6.12. The Morgan fingerprint density at radius 1 is 1.75 bits per heavy atom. The lowest BCUT2D eigenvalue weighted by Gasteiger charge is -1.80. The largest absolute Gasteiger partial charge is 0.294 e. The van der Waals surface area contributed by atoms with Crippen LogP contribution in [-0.2, 0) is 4.79 Å². The smallest absolute Gasteiger partial charge is 0.163 e. The van der Waals surface area contributed by atoms with E-state index in [2.05, 4.69) is 10.5 Å². The SMILES string of the molecule is CC(=O)C1=C[N]N=C1. The molecule has 1 heterocycles. The number of hydrogen-bond donors (Lipinski definition) is 0.